The van der Waals surface area contributed by atoms with Crippen molar-refractivity contribution >= 4 is 35.3 Å². The lowest BCUT2D eigenvalue weighted by atomic mass is 9.89. The lowest BCUT2D eigenvalue weighted by molar-refractivity contribution is -0.160. The number of aromatic carboxylic acids is 1. The van der Waals surface area contributed by atoms with Crippen LogP contribution in [0.15, 0.2) is 47.7 Å². The Labute approximate surface area is 242 Å². The fraction of sp³-hybridized carbons (Fsp3) is 0.379. The summed E-state index contributed by atoms with van der Waals surface area (Å²) in [5.41, 5.74) is -4.33. The molecule has 5 rings (SSSR count). The van der Waals surface area contributed by atoms with Crippen molar-refractivity contribution in [2.24, 2.45) is 0 Å². The van der Waals surface area contributed by atoms with Gasteiger partial charge in [0.2, 0.25) is 0 Å². The molecule has 1 heterocycles. The van der Waals surface area contributed by atoms with Gasteiger partial charge in [-0.15, -0.1) is 0 Å². The minimum absolute atomic E-state index is 0.0152. The van der Waals surface area contributed by atoms with Crippen LogP contribution in [0.25, 0.3) is 0 Å². The molecule has 2 aliphatic carbocycles. The standard InChI is InChI=1S/C29H26ClF4N3O5/c1-27(8-9-27)42-26(41)37-12-7-17(23(35)16-6-5-15(25(39)40)13-20(16)31)21(14-37)36-24(38)22-18(3-2-4-19(22)30)28(10-11-28)29(32,33)34/h2-6,13,35H,7-12,14H2,1H3,(H,36,38)(H,39,40). The maximum atomic E-state index is 14.9. The van der Waals surface area contributed by atoms with Crippen LogP contribution in [0.1, 0.15) is 70.9 Å². The molecule has 2 saturated carbocycles. The van der Waals surface area contributed by atoms with Crippen molar-refractivity contribution in [1.82, 2.24) is 10.2 Å². The Morgan fingerprint density at radius 1 is 1.12 bits per heavy atom. The molecular weight excluding hydrogens is 582 g/mol. The summed E-state index contributed by atoms with van der Waals surface area (Å²) in [7, 11) is 0. The van der Waals surface area contributed by atoms with E-state index in [1.165, 1.54) is 23.1 Å². The van der Waals surface area contributed by atoms with E-state index in [2.05, 4.69) is 5.32 Å². The Bertz CT molecular complexity index is 1550. The van der Waals surface area contributed by atoms with Crippen molar-refractivity contribution in [3.8, 4) is 0 Å². The molecular formula is C29H26ClF4N3O5. The highest BCUT2D eigenvalue weighted by Gasteiger charge is 2.65. The number of hydrogen-bond acceptors (Lipinski definition) is 5. The summed E-state index contributed by atoms with van der Waals surface area (Å²) < 4.78 is 62.5. The Balaban J connectivity index is 1.52. The number of nitrogens with zero attached hydrogens (tertiary/aromatic N) is 1. The van der Waals surface area contributed by atoms with Crippen LogP contribution in [0, 0.1) is 11.2 Å². The van der Waals surface area contributed by atoms with Gasteiger partial charge in [0, 0.05) is 23.4 Å². The first-order chi connectivity index (χ1) is 19.7. The Morgan fingerprint density at radius 2 is 1.81 bits per heavy atom. The quantitative estimate of drug-likeness (QED) is 0.255. The molecule has 2 amide bonds. The van der Waals surface area contributed by atoms with Crippen LogP contribution in [0.5, 0.6) is 0 Å². The Kier molecular flexibility index (Phi) is 7.33. The number of carboxylic acids is 1. The highest BCUT2D eigenvalue weighted by Crippen LogP contribution is 2.60. The van der Waals surface area contributed by atoms with Crippen molar-refractivity contribution in [1.29, 1.82) is 5.41 Å². The predicted molar refractivity (Wildman–Crippen MR) is 143 cm³/mol. The lowest BCUT2D eigenvalue weighted by Crippen LogP contribution is -2.44. The van der Waals surface area contributed by atoms with E-state index in [0.29, 0.717) is 12.8 Å². The van der Waals surface area contributed by atoms with Crippen LogP contribution in [0.4, 0.5) is 22.4 Å². The molecule has 222 valence electrons. The third-order valence-electron chi connectivity index (χ3n) is 7.99. The van der Waals surface area contributed by atoms with E-state index in [0.717, 1.165) is 18.2 Å². The molecule has 8 nitrogen and oxygen atoms in total. The normalized spacial score (nSPS) is 18.8. The average Bonchev–Trinajstić information content (AvgIpc) is 3.84. The Morgan fingerprint density at radius 3 is 2.38 bits per heavy atom. The fourth-order valence-corrected chi connectivity index (χ4v) is 5.32. The first-order valence-electron chi connectivity index (χ1n) is 13.1. The second-order valence-corrected chi connectivity index (χ2v) is 11.4. The van der Waals surface area contributed by atoms with E-state index in [4.69, 9.17) is 26.9 Å². The summed E-state index contributed by atoms with van der Waals surface area (Å²) in [6.07, 6.45) is -4.37. The summed E-state index contributed by atoms with van der Waals surface area (Å²) in [4.78, 5) is 39.0. The zero-order valence-electron chi connectivity index (χ0n) is 22.3. The van der Waals surface area contributed by atoms with Gasteiger partial charge in [0.25, 0.3) is 5.91 Å². The molecule has 0 saturated heterocycles. The summed E-state index contributed by atoms with van der Waals surface area (Å²) in [6.45, 7) is 1.54. The highest BCUT2D eigenvalue weighted by atomic mass is 35.5. The lowest BCUT2D eigenvalue weighted by Gasteiger charge is -2.32. The maximum absolute atomic E-state index is 14.9. The number of benzene rings is 2. The molecule has 2 aromatic rings. The molecule has 0 unspecified atom stereocenters. The molecule has 2 fully saturated rings. The Hall–Kier alpha value is -3.93. The van der Waals surface area contributed by atoms with Gasteiger partial charge < -0.3 is 20.1 Å². The zero-order chi connectivity index (χ0) is 30.6. The van der Waals surface area contributed by atoms with Crippen molar-refractivity contribution in [2.75, 3.05) is 13.1 Å². The molecule has 0 atom stereocenters. The third kappa shape index (κ3) is 5.47. The van der Waals surface area contributed by atoms with Gasteiger partial charge in [-0.25, -0.2) is 14.0 Å². The second-order valence-electron chi connectivity index (χ2n) is 11.0. The van der Waals surface area contributed by atoms with E-state index in [9.17, 15) is 31.9 Å². The van der Waals surface area contributed by atoms with Crippen LogP contribution in [0.2, 0.25) is 5.02 Å². The minimum atomic E-state index is -4.62. The molecule has 42 heavy (non-hydrogen) atoms. The molecule has 3 aliphatic rings. The first kappa shape index (κ1) is 29.6. The number of nitrogens with one attached hydrogen (secondary N) is 2. The number of ether oxygens (including phenoxy) is 1. The third-order valence-corrected chi connectivity index (χ3v) is 8.31. The zero-order valence-corrected chi connectivity index (χ0v) is 23.1. The monoisotopic (exact) mass is 607 g/mol. The molecule has 13 heteroatoms. The molecule has 0 aromatic heterocycles. The van der Waals surface area contributed by atoms with E-state index in [1.807, 2.05) is 0 Å². The number of amides is 2. The van der Waals surface area contributed by atoms with E-state index in [-0.39, 0.29) is 76.6 Å². The van der Waals surface area contributed by atoms with Gasteiger partial charge in [-0.3, -0.25) is 10.2 Å². The van der Waals surface area contributed by atoms with Gasteiger partial charge in [0.15, 0.2) is 0 Å². The van der Waals surface area contributed by atoms with E-state index in [1.54, 1.807) is 6.92 Å². The number of hydrogen-bond donors (Lipinski definition) is 3. The second kappa shape index (κ2) is 10.4. The number of rotatable bonds is 7. The number of carbonyl (C=O) groups is 3. The maximum Gasteiger partial charge on any atom is 0.410 e. The largest absolute Gasteiger partial charge is 0.478 e. The average molecular weight is 608 g/mol. The smallest absolute Gasteiger partial charge is 0.410 e. The number of halogens is 5. The predicted octanol–water partition coefficient (Wildman–Crippen LogP) is 6.22. The first-order valence-corrected chi connectivity index (χ1v) is 13.5. The van der Waals surface area contributed by atoms with Crippen LogP contribution >= 0.6 is 11.6 Å². The van der Waals surface area contributed by atoms with Crippen molar-refractivity contribution in [2.45, 2.75) is 56.2 Å². The number of carboxylic acid groups (broad SMARTS) is 1. The van der Waals surface area contributed by atoms with Gasteiger partial charge in [-0.05, 0) is 68.9 Å². The molecule has 1 aliphatic heterocycles. The van der Waals surface area contributed by atoms with Gasteiger partial charge in [0.1, 0.15) is 11.4 Å². The molecule has 2 aromatic carbocycles. The molecule has 3 N–H and O–H groups in total. The number of alkyl halides is 3. The summed E-state index contributed by atoms with van der Waals surface area (Å²) >= 11 is 6.27. The van der Waals surface area contributed by atoms with Crippen LogP contribution in [-0.4, -0.2) is 58.6 Å². The summed E-state index contributed by atoms with van der Waals surface area (Å²) in [5.74, 6) is -3.33. The summed E-state index contributed by atoms with van der Waals surface area (Å²) in [6, 6.07) is 6.84. The molecule has 0 radical (unpaired) electrons. The van der Waals surface area contributed by atoms with Crippen molar-refractivity contribution in [3.63, 3.8) is 0 Å². The van der Waals surface area contributed by atoms with Gasteiger partial charge in [-0.1, -0.05) is 23.7 Å². The SMILES string of the molecule is CC1(OC(=O)N2CCC(C(=N)c3ccc(C(=O)O)cc3F)=C(NC(=O)c3c(Cl)cccc3C3(C(F)(F)F)CC3)C2)CC1. The van der Waals surface area contributed by atoms with Crippen LogP contribution in [0.3, 0.4) is 0 Å². The van der Waals surface area contributed by atoms with E-state index >= 15 is 0 Å². The summed E-state index contributed by atoms with van der Waals surface area (Å²) in [5, 5.41) is 20.2. The number of carbonyl (C=O) groups excluding carboxylic acids is 2. The van der Waals surface area contributed by atoms with Gasteiger partial charge in [-0.2, -0.15) is 13.2 Å². The highest BCUT2D eigenvalue weighted by molar-refractivity contribution is 6.34. The minimum Gasteiger partial charge on any atom is -0.478 e. The molecule has 0 spiro atoms. The van der Waals surface area contributed by atoms with Crippen LogP contribution in [-0.2, 0) is 10.2 Å². The topological polar surface area (TPSA) is 120 Å². The fourth-order valence-electron chi connectivity index (χ4n) is 5.06. The van der Waals surface area contributed by atoms with Gasteiger partial charge in [0.05, 0.1) is 33.8 Å². The van der Waals surface area contributed by atoms with Gasteiger partial charge >= 0.3 is 18.2 Å². The van der Waals surface area contributed by atoms with Crippen LogP contribution < -0.4 is 5.32 Å². The van der Waals surface area contributed by atoms with E-state index < -0.39 is 41.0 Å². The van der Waals surface area contributed by atoms with Crippen molar-refractivity contribution < 1.29 is 41.8 Å². The molecule has 0 bridgehead atoms. The van der Waals surface area contributed by atoms with Crippen molar-refractivity contribution in [3.05, 3.63) is 80.8 Å².